The van der Waals surface area contributed by atoms with Crippen molar-refractivity contribution >= 4 is 17.5 Å². The molecule has 8 nitrogen and oxygen atoms in total. The predicted octanol–water partition coefficient (Wildman–Crippen LogP) is 3.41. The number of amides is 2. The number of halogens is 4. The van der Waals surface area contributed by atoms with Crippen LogP contribution in [0.5, 0.6) is 0 Å². The number of hydrogen-bond donors (Lipinski definition) is 0. The maximum absolute atomic E-state index is 13.9. The molecule has 2 amide bonds. The quantitative estimate of drug-likeness (QED) is 0.510. The highest BCUT2D eigenvalue weighted by Gasteiger charge is 2.38. The summed E-state index contributed by atoms with van der Waals surface area (Å²) in [6, 6.07) is 5.45. The molecule has 2 aliphatic rings. The summed E-state index contributed by atoms with van der Waals surface area (Å²) in [4.78, 5) is 33.0. The minimum Gasteiger partial charge on any atom is -0.368 e. The maximum Gasteiger partial charge on any atom is 0.420 e. The molecule has 2 fully saturated rings. The van der Waals surface area contributed by atoms with Crippen molar-refractivity contribution in [2.24, 2.45) is 0 Å². The minimum atomic E-state index is -4.76. The number of piperazine rings is 1. The Morgan fingerprint density at radius 1 is 1.14 bits per heavy atom. The zero-order valence-electron chi connectivity index (χ0n) is 19.3. The van der Waals surface area contributed by atoms with E-state index in [1.165, 1.54) is 17.0 Å². The van der Waals surface area contributed by atoms with Crippen molar-refractivity contribution in [1.82, 2.24) is 24.4 Å². The van der Waals surface area contributed by atoms with Gasteiger partial charge in [0.25, 0.3) is 11.8 Å². The summed E-state index contributed by atoms with van der Waals surface area (Å²) in [5, 5.41) is 4.19. The number of rotatable bonds is 3. The lowest BCUT2D eigenvalue weighted by Gasteiger charge is -2.40. The highest BCUT2D eigenvalue weighted by Crippen LogP contribution is 2.34. The number of nitrogens with zero attached hydrogens (tertiary/aromatic N) is 5. The summed E-state index contributed by atoms with van der Waals surface area (Å²) in [5.74, 6) is -1.18. The Morgan fingerprint density at radius 3 is 2.53 bits per heavy atom. The van der Waals surface area contributed by atoms with Crippen molar-refractivity contribution in [3.8, 4) is 11.3 Å². The summed E-state index contributed by atoms with van der Waals surface area (Å²) >= 11 is 0. The molecule has 4 heterocycles. The number of alkyl halides is 3. The van der Waals surface area contributed by atoms with Gasteiger partial charge in [0.05, 0.1) is 11.9 Å². The molecule has 0 radical (unpaired) electrons. The van der Waals surface area contributed by atoms with E-state index in [0.29, 0.717) is 19.6 Å². The van der Waals surface area contributed by atoms with Gasteiger partial charge in [-0.1, -0.05) is 0 Å². The minimum absolute atomic E-state index is 0.0406. The molecule has 0 bridgehead atoms. The fraction of sp³-hybridized carbons (Fsp3) is 0.417. The van der Waals surface area contributed by atoms with Crippen LogP contribution in [-0.4, -0.2) is 74.6 Å². The fourth-order valence-electron chi connectivity index (χ4n) is 4.64. The second kappa shape index (κ2) is 9.16. The van der Waals surface area contributed by atoms with Crippen molar-refractivity contribution < 1.29 is 31.9 Å². The Labute approximate surface area is 203 Å². The van der Waals surface area contributed by atoms with Crippen LogP contribution in [0.25, 0.3) is 16.9 Å². The molecule has 190 valence electrons. The Bertz CT molecular complexity index is 1300. The van der Waals surface area contributed by atoms with Crippen LogP contribution in [0.3, 0.4) is 0 Å². The largest absolute Gasteiger partial charge is 0.420 e. The van der Waals surface area contributed by atoms with Crippen LogP contribution < -0.4 is 0 Å². The van der Waals surface area contributed by atoms with Crippen molar-refractivity contribution in [2.75, 3.05) is 26.2 Å². The molecular weight excluding hydrogens is 482 g/mol. The summed E-state index contributed by atoms with van der Waals surface area (Å²) < 4.78 is 61.3. The first-order valence-corrected chi connectivity index (χ1v) is 11.6. The summed E-state index contributed by atoms with van der Waals surface area (Å²) in [7, 11) is 0. The van der Waals surface area contributed by atoms with E-state index in [0.717, 1.165) is 35.3 Å². The van der Waals surface area contributed by atoms with Gasteiger partial charge in [-0.25, -0.2) is 13.9 Å². The third-order valence-electron chi connectivity index (χ3n) is 6.49. The number of imidazole rings is 1. The van der Waals surface area contributed by atoms with E-state index >= 15 is 0 Å². The smallest absolute Gasteiger partial charge is 0.368 e. The molecule has 2 atom stereocenters. The lowest BCUT2D eigenvalue weighted by molar-refractivity contribution is -0.145. The monoisotopic (exact) mass is 505 g/mol. The summed E-state index contributed by atoms with van der Waals surface area (Å²) in [5.41, 5.74) is -1.50. The molecule has 0 unspecified atom stereocenters. The molecule has 2 aromatic heterocycles. The van der Waals surface area contributed by atoms with Crippen LogP contribution in [0, 0.1) is 5.82 Å². The maximum atomic E-state index is 13.9. The fourth-order valence-corrected chi connectivity index (χ4v) is 4.64. The molecule has 0 saturated carbocycles. The number of fused-ring (bicyclic) bond motifs is 1. The van der Waals surface area contributed by atoms with Crippen LogP contribution in [0.15, 0.2) is 36.5 Å². The van der Waals surface area contributed by atoms with Crippen molar-refractivity contribution in [3.05, 3.63) is 53.6 Å². The average molecular weight is 505 g/mol. The number of carbonyl (C=O) groups is 2. The van der Waals surface area contributed by atoms with Gasteiger partial charge in [0.15, 0.2) is 5.65 Å². The zero-order valence-corrected chi connectivity index (χ0v) is 19.3. The van der Waals surface area contributed by atoms with E-state index in [1.54, 1.807) is 4.90 Å². The SMILES string of the molecule is C[C@H]1CN(C(=O)c2cn3nc(-c4ccc(F)cc4)cc(C(F)(F)F)c3n2)CCN1C(=O)[C@@H]1CCCO1. The van der Waals surface area contributed by atoms with Gasteiger partial charge in [-0.15, -0.1) is 0 Å². The first-order chi connectivity index (χ1) is 17.1. The van der Waals surface area contributed by atoms with Crippen LogP contribution in [-0.2, 0) is 15.7 Å². The standard InChI is InChI=1S/C24H23F4N5O3/c1-14-12-31(8-9-32(14)23(35)20-3-2-10-36-20)22(34)19-13-33-21(29-19)17(24(26,27)28)11-18(30-33)15-4-6-16(25)7-5-15/h4-7,11,13-14,20H,2-3,8-10,12H2,1H3/t14-,20-/m0/s1. The third kappa shape index (κ3) is 4.52. The van der Waals surface area contributed by atoms with Crippen molar-refractivity contribution in [3.63, 3.8) is 0 Å². The predicted molar refractivity (Wildman–Crippen MR) is 119 cm³/mol. The molecule has 36 heavy (non-hydrogen) atoms. The normalized spacial score (nSPS) is 20.8. The van der Waals surface area contributed by atoms with Gasteiger partial charge in [0, 0.05) is 37.8 Å². The molecule has 5 rings (SSSR count). The first kappa shape index (κ1) is 24.2. The Balaban J connectivity index is 1.41. The van der Waals surface area contributed by atoms with E-state index in [-0.39, 0.29) is 42.0 Å². The highest BCUT2D eigenvalue weighted by molar-refractivity contribution is 5.93. The van der Waals surface area contributed by atoms with E-state index in [2.05, 4.69) is 10.1 Å². The summed E-state index contributed by atoms with van der Waals surface area (Å²) in [6.45, 7) is 3.09. The lowest BCUT2D eigenvalue weighted by Crippen LogP contribution is -2.57. The number of hydrogen-bond acceptors (Lipinski definition) is 5. The topological polar surface area (TPSA) is 80.0 Å². The Morgan fingerprint density at radius 2 is 1.89 bits per heavy atom. The van der Waals surface area contributed by atoms with Crippen LogP contribution in [0.1, 0.15) is 35.8 Å². The molecule has 0 N–H and O–H groups in total. The first-order valence-electron chi connectivity index (χ1n) is 11.6. The van der Waals surface area contributed by atoms with Gasteiger partial charge >= 0.3 is 6.18 Å². The van der Waals surface area contributed by atoms with Crippen molar-refractivity contribution in [1.29, 1.82) is 0 Å². The van der Waals surface area contributed by atoms with Gasteiger partial charge in [0.1, 0.15) is 23.2 Å². The lowest BCUT2D eigenvalue weighted by atomic mass is 10.1. The number of ether oxygens (including phenoxy) is 1. The summed E-state index contributed by atoms with van der Waals surface area (Å²) in [6.07, 6.45) is -2.56. The molecule has 0 aliphatic carbocycles. The Kier molecular flexibility index (Phi) is 6.15. The van der Waals surface area contributed by atoms with Crippen molar-refractivity contribution in [2.45, 2.75) is 38.1 Å². The van der Waals surface area contributed by atoms with E-state index in [1.807, 2.05) is 6.92 Å². The number of benzene rings is 1. The molecule has 2 saturated heterocycles. The molecule has 0 spiro atoms. The van der Waals surface area contributed by atoms with Gasteiger partial charge < -0.3 is 14.5 Å². The number of carbonyl (C=O) groups excluding carboxylic acids is 2. The molecule has 2 aliphatic heterocycles. The second-order valence-electron chi connectivity index (χ2n) is 8.98. The highest BCUT2D eigenvalue weighted by atomic mass is 19.4. The number of aromatic nitrogens is 3. The van der Waals surface area contributed by atoms with E-state index in [4.69, 9.17) is 4.74 Å². The third-order valence-corrected chi connectivity index (χ3v) is 6.49. The molecule has 3 aromatic rings. The zero-order chi connectivity index (χ0) is 25.6. The average Bonchev–Trinajstić information content (AvgIpc) is 3.52. The second-order valence-corrected chi connectivity index (χ2v) is 8.98. The Hall–Kier alpha value is -3.54. The van der Waals surface area contributed by atoms with E-state index < -0.39 is 35.2 Å². The molecule has 1 aromatic carbocycles. The van der Waals surface area contributed by atoms with Crippen LogP contribution in [0.2, 0.25) is 0 Å². The van der Waals surface area contributed by atoms with Crippen LogP contribution >= 0.6 is 0 Å². The van der Waals surface area contributed by atoms with E-state index in [9.17, 15) is 27.2 Å². The van der Waals surface area contributed by atoms with Crippen LogP contribution in [0.4, 0.5) is 17.6 Å². The van der Waals surface area contributed by atoms with Gasteiger partial charge in [-0.3, -0.25) is 9.59 Å². The van der Waals surface area contributed by atoms with Gasteiger partial charge in [-0.2, -0.15) is 18.3 Å². The van der Waals surface area contributed by atoms with Gasteiger partial charge in [-0.05, 0) is 50.1 Å². The molecule has 12 heteroatoms. The van der Waals surface area contributed by atoms with Gasteiger partial charge in [0.2, 0.25) is 0 Å². The molecular formula is C24H23F4N5O3.